The number of aromatic nitrogens is 2. The van der Waals surface area contributed by atoms with Gasteiger partial charge in [0.15, 0.2) is 0 Å². The smallest absolute Gasteiger partial charge is 0.238 e. The van der Waals surface area contributed by atoms with Crippen LogP contribution in [0.2, 0.25) is 5.02 Å². The van der Waals surface area contributed by atoms with Crippen molar-refractivity contribution in [3.05, 3.63) is 47.0 Å². The number of anilines is 2. The van der Waals surface area contributed by atoms with Crippen LogP contribution in [-0.2, 0) is 4.79 Å². The number of carbonyl (C=O) groups is 1. The molecule has 0 atom stereocenters. The van der Waals surface area contributed by atoms with Gasteiger partial charge in [-0.05, 0) is 42.8 Å². The number of piperazine rings is 1. The predicted octanol–water partition coefficient (Wildman–Crippen LogP) is 3.41. The van der Waals surface area contributed by atoms with Crippen molar-refractivity contribution in [2.75, 3.05) is 42.9 Å². The molecular formula is C19H20ClN5OS. The van der Waals surface area contributed by atoms with Crippen molar-refractivity contribution in [1.82, 2.24) is 13.6 Å². The average molecular weight is 402 g/mol. The van der Waals surface area contributed by atoms with Gasteiger partial charge in [-0.1, -0.05) is 17.7 Å². The molecule has 0 radical (unpaired) electrons. The third-order valence-electron chi connectivity index (χ3n) is 4.79. The lowest BCUT2D eigenvalue weighted by Crippen LogP contribution is -2.48. The van der Waals surface area contributed by atoms with Crippen molar-refractivity contribution in [3.8, 4) is 0 Å². The largest absolute Gasteiger partial charge is 0.369 e. The van der Waals surface area contributed by atoms with Crippen LogP contribution in [0, 0.1) is 6.92 Å². The van der Waals surface area contributed by atoms with Crippen molar-refractivity contribution >= 4 is 51.6 Å². The van der Waals surface area contributed by atoms with E-state index in [1.165, 1.54) is 23.0 Å². The molecule has 1 aliphatic heterocycles. The van der Waals surface area contributed by atoms with Gasteiger partial charge in [0.25, 0.3) is 0 Å². The van der Waals surface area contributed by atoms with Gasteiger partial charge in [-0.3, -0.25) is 9.69 Å². The second kappa shape index (κ2) is 7.80. The van der Waals surface area contributed by atoms with Gasteiger partial charge in [-0.25, -0.2) is 0 Å². The highest BCUT2D eigenvalue weighted by atomic mass is 35.5. The molecule has 1 aliphatic rings. The van der Waals surface area contributed by atoms with Crippen molar-refractivity contribution < 1.29 is 4.79 Å². The number of hydrogen-bond donors (Lipinski definition) is 1. The van der Waals surface area contributed by atoms with Gasteiger partial charge in [-0.15, -0.1) is 0 Å². The lowest BCUT2D eigenvalue weighted by atomic mass is 10.1. The zero-order chi connectivity index (χ0) is 18.8. The van der Waals surface area contributed by atoms with E-state index in [9.17, 15) is 4.79 Å². The zero-order valence-corrected chi connectivity index (χ0v) is 16.6. The second-order valence-corrected chi connectivity index (χ2v) is 7.67. The molecule has 2 aromatic carbocycles. The third kappa shape index (κ3) is 4.21. The highest BCUT2D eigenvalue weighted by Gasteiger charge is 2.20. The van der Waals surface area contributed by atoms with Crippen molar-refractivity contribution in [1.29, 1.82) is 0 Å². The number of halogens is 1. The maximum absolute atomic E-state index is 12.4. The van der Waals surface area contributed by atoms with Gasteiger partial charge in [-0.2, -0.15) is 8.75 Å². The number of fused-ring (bicyclic) bond motifs is 1. The predicted molar refractivity (Wildman–Crippen MR) is 111 cm³/mol. The Kier molecular flexibility index (Phi) is 5.24. The van der Waals surface area contributed by atoms with Gasteiger partial charge in [0.1, 0.15) is 11.0 Å². The summed E-state index contributed by atoms with van der Waals surface area (Å²) in [5, 5.41) is 3.71. The number of aryl methyl sites for hydroxylation is 1. The van der Waals surface area contributed by atoms with E-state index < -0.39 is 0 Å². The molecule has 0 aliphatic carbocycles. The lowest BCUT2D eigenvalue weighted by molar-refractivity contribution is -0.117. The molecule has 0 bridgehead atoms. The summed E-state index contributed by atoms with van der Waals surface area (Å²) in [5.74, 6) is -0.00933. The SMILES string of the molecule is Cc1ccc(Cl)cc1N1CCN(CC(=O)Nc2ccc3nsnc3c2)CC1. The zero-order valence-electron chi connectivity index (χ0n) is 15.0. The van der Waals surface area contributed by atoms with Crippen LogP contribution in [0.1, 0.15) is 5.56 Å². The monoisotopic (exact) mass is 401 g/mol. The molecule has 4 rings (SSSR count). The number of benzene rings is 2. The summed E-state index contributed by atoms with van der Waals surface area (Å²) >= 11 is 7.32. The van der Waals surface area contributed by atoms with Gasteiger partial charge in [0, 0.05) is 42.6 Å². The standard InChI is InChI=1S/C19H20ClN5OS/c1-13-2-3-14(20)10-18(13)25-8-6-24(7-9-25)12-19(26)21-15-4-5-16-17(11-15)23-27-22-16/h2-5,10-11H,6-9,12H2,1H3,(H,21,26). The number of carbonyl (C=O) groups excluding carboxylic acids is 1. The highest BCUT2D eigenvalue weighted by Crippen LogP contribution is 2.25. The van der Waals surface area contributed by atoms with Crippen LogP contribution in [0.5, 0.6) is 0 Å². The first kappa shape index (κ1) is 18.2. The molecular weight excluding hydrogens is 382 g/mol. The van der Waals surface area contributed by atoms with Crippen LogP contribution in [0.4, 0.5) is 11.4 Å². The Labute approximate surface area is 167 Å². The normalized spacial score (nSPS) is 15.3. The number of amides is 1. The van der Waals surface area contributed by atoms with E-state index >= 15 is 0 Å². The molecule has 1 fully saturated rings. The minimum Gasteiger partial charge on any atom is -0.369 e. The van der Waals surface area contributed by atoms with E-state index in [0.29, 0.717) is 6.54 Å². The molecule has 1 saturated heterocycles. The molecule has 0 spiro atoms. The Hall–Kier alpha value is -2.22. The molecule has 1 N–H and O–H groups in total. The number of nitrogens with one attached hydrogen (secondary N) is 1. The van der Waals surface area contributed by atoms with Gasteiger partial charge in [0.05, 0.1) is 18.3 Å². The molecule has 1 aromatic heterocycles. The maximum Gasteiger partial charge on any atom is 0.238 e. The molecule has 140 valence electrons. The first-order valence-corrected chi connectivity index (χ1v) is 9.95. The Morgan fingerprint density at radius 2 is 1.89 bits per heavy atom. The second-order valence-electron chi connectivity index (χ2n) is 6.71. The molecule has 1 amide bonds. The van der Waals surface area contributed by atoms with Crippen LogP contribution < -0.4 is 10.2 Å². The van der Waals surface area contributed by atoms with E-state index in [-0.39, 0.29) is 5.91 Å². The number of rotatable bonds is 4. The topological polar surface area (TPSA) is 61.4 Å². The number of nitrogens with zero attached hydrogens (tertiary/aromatic N) is 4. The van der Waals surface area contributed by atoms with Crippen LogP contribution in [0.25, 0.3) is 11.0 Å². The minimum absolute atomic E-state index is 0.00933. The van der Waals surface area contributed by atoms with E-state index in [2.05, 4.69) is 30.8 Å². The fraction of sp³-hybridized carbons (Fsp3) is 0.316. The summed E-state index contributed by atoms with van der Waals surface area (Å²) < 4.78 is 8.38. The first-order chi connectivity index (χ1) is 13.1. The molecule has 2 heterocycles. The summed E-state index contributed by atoms with van der Waals surface area (Å²) in [6, 6.07) is 11.6. The molecule has 3 aromatic rings. The Morgan fingerprint density at radius 1 is 1.11 bits per heavy atom. The Bertz CT molecular complexity index is 968. The van der Waals surface area contributed by atoms with Crippen molar-refractivity contribution in [2.24, 2.45) is 0 Å². The van der Waals surface area contributed by atoms with E-state index in [1.54, 1.807) is 0 Å². The summed E-state index contributed by atoms with van der Waals surface area (Å²) in [6.07, 6.45) is 0. The molecule has 8 heteroatoms. The highest BCUT2D eigenvalue weighted by molar-refractivity contribution is 7.00. The van der Waals surface area contributed by atoms with Gasteiger partial charge >= 0.3 is 0 Å². The minimum atomic E-state index is -0.00933. The number of hydrogen-bond acceptors (Lipinski definition) is 6. The molecule has 6 nitrogen and oxygen atoms in total. The average Bonchev–Trinajstić information content (AvgIpc) is 3.12. The van der Waals surface area contributed by atoms with E-state index in [0.717, 1.165) is 47.9 Å². The van der Waals surface area contributed by atoms with E-state index in [1.807, 2.05) is 36.4 Å². The lowest BCUT2D eigenvalue weighted by Gasteiger charge is -2.36. The van der Waals surface area contributed by atoms with Crippen LogP contribution in [-0.4, -0.2) is 52.3 Å². The van der Waals surface area contributed by atoms with Crippen LogP contribution >= 0.6 is 23.3 Å². The fourth-order valence-electron chi connectivity index (χ4n) is 3.33. The maximum atomic E-state index is 12.4. The molecule has 0 unspecified atom stereocenters. The summed E-state index contributed by atoms with van der Waals surface area (Å²) in [7, 11) is 0. The summed E-state index contributed by atoms with van der Waals surface area (Å²) in [4.78, 5) is 16.9. The Balaban J connectivity index is 1.32. The Morgan fingerprint density at radius 3 is 2.70 bits per heavy atom. The molecule has 27 heavy (non-hydrogen) atoms. The van der Waals surface area contributed by atoms with Crippen LogP contribution in [0.15, 0.2) is 36.4 Å². The quantitative estimate of drug-likeness (QED) is 0.725. The van der Waals surface area contributed by atoms with Gasteiger partial charge in [0.2, 0.25) is 5.91 Å². The van der Waals surface area contributed by atoms with Crippen molar-refractivity contribution in [2.45, 2.75) is 6.92 Å². The van der Waals surface area contributed by atoms with Crippen molar-refractivity contribution in [3.63, 3.8) is 0 Å². The third-order valence-corrected chi connectivity index (χ3v) is 5.58. The van der Waals surface area contributed by atoms with Crippen LogP contribution in [0.3, 0.4) is 0 Å². The summed E-state index contributed by atoms with van der Waals surface area (Å²) in [5.41, 5.74) is 4.82. The summed E-state index contributed by atoms with van der Waals surface area (Å²) in [6.45, 7) is 5.93. The van der Waals surface area contributed by atoms with E-state index in [4.69, 9.17) is 11.6 Å². The van der Waals surface area contributed by atoms with Gasteiger partial charge < -0.3 is 10.2 Å². The first-order valence-electron chi connectivity index (χ1n) is 8.84. The molecule has 0 saturated carbocycles. The fourth-order valence-corrected chi connectivity index (χ4v) is 4.02.